The second-order valence-corrected chi connectivity index (χ2v) is 4.35. The Morgan fingerprint density at radius 3 is 2.90 bits per heavy atom. The Labute approximate surface area is 117 Å². The van der Waals surface area contributed by atoms with Crippen molar-refractivity contribution in [3.63, 3.8) is 0 Å². The first-order valence-corrected chi connectivity index (χ1v) is 6.36. The van der Waals surface area contributed by atoms with Gasteiger partial charge in [-0.25, -0.2) is 4.98 Å². The zero-order valence-corrected chi connectivity index (χ0v) is 11.6. The van der Waals surface area contributed by atoms with Crippen molar-refractivity contribution in [2.24, 2.45) is 7.05 Å². The number of nitrogen functional groups attached to an aromatic ring is 1. The van der Waals surface area contributed by atoms with Gasteiger partial charge in [-0.15, -0.1) is 0 Å². The van der Waals surface area contributed by atoms with Gasteiger partial charge in [-0.2, -0.15) is 5.10 Å². The van der Waals surface area contributed by atoms with Crippen molar-refractivity contribution >= 4 is 17.3 Å². The van der Waals surface area contributed by atoms with E-state index in [-0.39, 0.29) is 5.91 Å². The van der Waals surface area contributed by atoms with Crippen molar-refractivity contribution in [3.8, 4) is 0 Å². The third-order valence-electron chi connectivity index (χ3n) is 2.74. The largest absolute Gasteiger partial charge is 0.397 e. The van der Waals surface area contributed by atoms with Crippen molar-refractivity contribution in [2.75, 3.05) is 17.6 Å². The summed E-state index contributed by atoms with van der Waals surface area (Å²) in [5.41, 5.74) is 7.73. The molecule has 0 atom stereocenters. The lowest BCUT2D eigenvalue weighted by molar-refractivity contribution is 0.0956. The van der Waals surface area contributed by atoms with Crippen molar-refractivity contribution in [1.29, 1.82) is 0 Å². The molecule has 1 aromatic heterocycles. The van der Waals surface area contributed by atoms with Crippen molar-refractivity contribution in [2.45, 2.75) is 13.5 Å². The molecular weight excluding hydrogens is 256 g/mol. The van der Waals surface area contributed by atoms with E-state index in [4.69, 9.17) is 5.73 Å². The number of rotatable bonds is 5. The molecule has 1 amide bonds. The molecule has 0 bridgehead atoms. The van der Waals surface area contributed by atoms with Gasteiger partial charge in [0.25, 0.3) is 5.91 Å². The molecule has 0 aliphatic heterocycles. The number of hydrogen-bond acceptors (Lipinski definition) is 5. The summed E-state index contributed by atoms with van der Waals surface area (Å²) in [5, 5.41) is 10.1. The Hall–Kier alpha value is -2.57. The van der Waals surface area contributed by atoms with Crippen LogP contribution in [0, 0.1) is 0 Å². The van der Waals surface area contributed by atoms with Gasteiger partial charge in [-0.05, 0) is 25.1 Å². The fourth-order valence-electron chi connectivity index (χ4n) is 1.75. The topological polar surface area (TPSA) is 97.9 Å². The van der Waals surface area contributed by atoms with E-state index in [2.05, 4.69) is 20.7 Å². The molecule has 7 heteroatoms. The lowest BCUT2D eigenvalue weighted by atomic mass is 10.1. The molecule has 7 nitrogen and oxygen atoms in total. The first kappa shape index (κ1) is 13.9. The van der Waals surface area contributed by atoms with Gasteiger partial charge in [0.1, 0.15) is 6.33 Å². The van der Waals surface area contributed by atoms with Crippen molar-refractivity contribution < 1.29 is 4.79 Å². The number of nitrogens with zero attached hydrogens (tertiary/aromatic N) is 3. The maximum absolute atomic E-state index is 11.8. The first-order valence-electron chi connectivity index (χ1n) is 6.36. The molecule has 106 valence electrons. The maximum atomic E-state index is 11.8. The number of aryl methyl sites for hydroxylation is 1. The third-order valence-corrected chi connectivity index (χ3v) is 2.74. The molecule has 4 N–H and O–H groups in total. The van der Waals surface area contributed by atoms with Gasteiger partial charge in [0, 0.05) is 19.2 Å². The van der Waals surface area contributed by atoms with Crippen LogP contribution in [0.15, 0.2) is 24.5 Å². The van der Waals surface area contributed by atoms with E-state index in [0.29, 0.717) is 35.9 Å². The van der Waals surface area contributed by atoms with Crippen LogP contribution in [0.5, 0.6) is 0 Å². The third kappa shape index (κ3) is 3.25. The van der Waals surface area contributed by atoms with Crippen LogP contribution in [-0.4, -0.2) is 27.2 Å². The number of nitrogens with two attached hydrogens (primary N) is 1. The molecule has 0 saturated carbocycles. The predicted molar refractivity (Wildman–Crippen MR) is 77.2 cm³/mol. The van der Waals surface area contributed by atoms with Crippen LogP contribution in [0.4, 0.5) is 11.4 Å². The van der Waals surface area contributed by atoms with E-state index in [9.17, 15) is 4.79 Å². The van der Waals surface area contributed by atoms with E-state index >= 15 is 0 Å². The number of benzene rings is 1. The molecule has 2 rings (SSSR count). The highest BCUT2D eigenvalue weighted by Gasteiger charge is 2.08. The number of carbonyl (C=O) groups is 1. The second kappa shape index (κ2) is 6.05. The van der Waals surface area contributed by atoms with Crippen molar-refractivity contribution in [1.82, 2.24) is 20.1 Å². The number of amides is 1. The molecule has 0 aliphatic carbocycles. The van der Waals surface area contributed by atoms with Crippen LogP contribution in [0.2, 0.25) is 0 Å². The van der Waals surface area contributed by atoms with Crippen LogP contribution in [0.25, 0.3) is 0 Å². The maximum Gasteiger partial charge on any atom is 0.251 e. The van der Waals surface area contributed by atoms with Gasteiger partial charge in [0.15, 0.2) is 5.82 Å². The molecule has 1 heterocycles. The molecule has 2 aromatic rings. The van der Waals surface area contributed by atoms with Crippen LogP contribution >= 0.6 is 0 Å². The Kier molecular flexibility index (Phi) is 4.19. The van der Waals surface area contributed by atoms with Crippen LogP contribution < -0.4 is 16.4 Å². The predicted octanol–water partition coefficient (Wildman–Crippen LogP) is 0.759. The molecule has 0 aliphatic rings. The van der Waals surface area contributed by atoms with Gasteiger partial charge in [0.2, 0.25) is 0 Å². The van der Waals surface area contributed by atoms with E-state index < -0.39 is 0 Å². The van der Waals surface area contributed by atoms with Gasteiger partial charge in [-0.1, -0.05) is 0 Å². The summed E-state index contributed by atoms with van der Waals surface area (Å²) in [4.78, 5) is 15.9. The minimum Gasteiger partial charge on any atom is -0.397 e. The van der Waals surface area contributed by atoms with E-state index in [1.54, 1.807) is 36.3 Å². The average Bonchev–Trinajstić information content (AvgIpc) is 2.84. The Balaban J connectivity index is 2.10. The summed E-state index contributed by atoms with van der Waals surface area (Å²) in [5.74, 6) is 0.543. The Morgan fingerprint density at radius 2 is 2.25 bits per heavy atom. The van der Waals surface area contributed by atoms with Gasteiger partial charge >= 0.3 is 0 Å². The monoisotopic (exact) mass is 274 g/mol. The zero-order valence-electron chi connectivity index (χ0n) is 11.6. The fraction of sp³-hybridized carbons (Fsp3) is 0.308. The smallest absolute Gasteiger partial charge is 0.251 e. The lowest BCUT2D eigenvalue weighted by Crippen LogP contribution is -2.22. The normalized spacial score (nSPS) is 10.3. The van der Waals surface area contributed by atoms with Crippen LogP contribution in [0.1, 0.15) is 23.1 Å². The summed E-state index contributed by atoms with van der Waals surface area (Å²) in [6.07, 6.45) is 1.63. The Morgan fingerprint density at radius 1 is 1.45 bits per heavy atom. The molecule has 0 spiro atoms. The van der Waals surface area contributed by atoms with Gasteiger partial charge < -0.3 is 16.4 Å². The number of aromatic nitrogens is 3. The summed E-state index contributed by atoms with van der Waals surface area (Å²) in [7, 11) is 1.81. The number of anilines is 2. The summed E-state index contributed by atoms with van der Waals surface area (Å²) >= 11 is 0. The molecule has 1 aromatic carbocycles. The second-order valence-electron chi connectivity index (χ2n) is 4.35. The highest BCUT2D eigenvalue weighted by Crippen LogP contribution is 2.20. The molecular formula is C13H18N6O. The summed E-state index contributed by atoms with van der Waals surface area (Å²) in [6.45, 7) is 2.91. The first-order chi connectivity index (χ1) is 9.60. The summed E-state index contributed by atoms with van der Waals surface area (Å²) < 4.78 is 1.63. The molecule has 20 heavy (non-hydrogen) atoms. The molecule has 0 radical (unpaired) electrons. The van der Waals surface area contributed by atoms with Gasteiger partial charge in [0.05, 0.1) is 17.9 Å². The number of hydrogen-bond donors (Lipinski definition) is 3. The highest BCUT2D eigenvalue weighted by molar-refractivity contribution is 5.96. The van der Waals surface area contributed by atoms with Gasteiger partial charge in [-0.3, -0.25) is 9.48 Å². The quantitative estimate of drug-likeness (QED) is 0.699. The van der Waals surface area contributed by atoms with Crippen LogP contribution in [-0.2, 0) is 13.6 Å². The SMILES string of the molecule is CCNC(=O)c1ccc(N)c(NCc2ncn(C)n2)c1. The zero-order chi connectivity index (χ0) is 14.5. The van der Waals surface area contributed by atoms with E-state index in [1.165, 1.54) is 0 Å². The number of nitrogens with one attached hydrogen (secondary N) is 2. The fourth-order valence-corrected chi connectivity index (χ4v) is 1.75. The summed E-state index contributed by atoms with van der Waals surface area (Å²) in [6, 6.07) is 5.13. The van der Waals surface area contributed by atoms with Crippen LogP contribution in [0.3, 0.4) is 0 Å². The number of carbonyl (C=O) groups excluding carboxylic acids is 1. The lowest BCUT2D eigenvalue weighted by Gasteiger charge is -2.10. The minimum atomic E-state index is -0.119. The molecule has 0 fully saturated rings. The van der Waals surface area contributed by atoms with E-state index in [1.807, 2.05) is 6.92 Å². The minimum absolute atomic E-state index is 0.119. The van der Waals surface area contributed by atoms with Crippen molar-refractivity contribution in [3.05, 3.63) is 35.9 Å². The molecule has 0 unspecified atom stereocenters. The van der Waals surface area contributed by atoms with E-state index in [0.717, 1.165) is 0 Å². The highest BCUT2D eigenvalue weighted by atomic mass is 16.1. The average molecular weight is 274 g/mol. The Bertz CT molecular complexity index is 607. The standard InChI is InChI=1S/C13H18N6O/c1-3-15-13(20)9-4-5-10(14)11(6-9)16-7-12-17-8-19(2)18-12/h4-6,8,16H,3,7,14H2,1-2H3,(H,15,20). The molecule has 0 saturated heterocycles.